The average molecular weight is 389 g/mol. The zero-order valence-corrected chi connectivity index (χ0v) is 16.0. The molecule has 152 valence electrons. The number of epoxide rings is 1. The molecule has 2 saturated heterocycles. The highest BCUT2D eigenvalue weighted by atomic mass is 16.6. The van der Waals surface area contributed by atoms with Crippen molar-refractivity contribution < 1.29 is 29.3 Å². The number of benzene rings is 1. The van der Waals surface area contributed by atoms with E-state index in [9.17, 15) is 15.3 Å². The Morgan fingerprint density at radius 3 is 2.61 bits per heavy atom. The van der Waals surface area contributed by atoms with E-state index in [1.807, 2.05) is 37.3 Å². The molecule has 3 heterocycles. The summed E-state index contributed by atoms with van der Waals surface area (Å²) in [4.78, 5) is 0. The van der Waals surface area contributed by atoms with E-state index in [0.717, 1.165) is 5.56 Å². The van der Waals surface area contributed by atoms with E-state index in [1.54, 1.807) is 13.0 Å². The Bertz CT molecular complexity index is 778. The number of aliphatic hydroxyl groups excluding tert-OH is 3. The molecule has 3 N–H and O–H groups in total. The van der Waals surface area contributed by atoms with Gasteiger partial charge in [-0.15, -0.1) is 0 Å². The van der Waals surface area contributed by atoms with Gasteiger partial charge in [0.1, 0.15) is 17.9 Å². The maximum Gasteiger partial charge on any atom is 0.167 e. The first-order valence-electron chi connectivity index (χ1n) is 9.79. The molecule has 7 heteroatoms. The van der Waals surface area contributed by atoms with Crippen molar-refractivity contribution in [2.75, 3.05) is 6.61 Å². The lowest BCUT2D eigenvalue weighted by Crippen LogP contribution is -2.46. The lowest BCUT2D eigenvalue weighted by Gasteiger charge is -2.36. The van der Waals surface area contributed by atoms with Gasteiger partial charge in [0.05, 0.1) is 31.0 Å². The molecule has 1 aromatic carbocycles. The molecule has 2 aliphatic rings. The molecule has 4 rings (SSSR count). The second-order valence-corrected chi connectivity index (χ2v) is 7.95. The molecule has 1 aromatic heterocycles. The Hall–Kier alpha value is -1.77. The molecule has 28 heavy (non-hydrogen) atoms. The molecule has 2 aromatic rings. The van der Waals surface area contributed by atoms with Gasteiger partial charge in [-0.05, 0) is 13.3 Å². The van der Waals surface area contributed by atoms with E-state index in [0.29, 0.717) is 24.5 Å². The molecular weight excluding hydrogens is 362 g/mol. The molecule has 0 unspecified atom stereocenters. The van der Waals surface area contributed by atoms with Gasteiger partial charge in [0.15, 0.2) is 5.76 Å². The molecule has 2 aliphatic heterocycles. The van der Waals surface area contributed by atoms with Gasteiger partial charge in [-0.3, -0.25) is 0 Å². The highest BCUT2D eigenvalue weighted by Crippen LogP contribution is 2.40. The van der Waals surface area contributed by atoms with Crippen LogP contribution in [0.4, 0.5) is 0 Å². The van der Waals surface area contributed by atoms with Crippen LogP contribution in [0.2, 0.25) is 0 Å². The van der Waals surface area contributed by atoms with Crippen molar-refractivity contribution in [3.05, 3.63) is 42.1 Å². The van der Waals surface area contributed by atoms with Gasteiger partial charge in [0.25, 0.3) is 0 Å². The molecular formula is C21H27NO6. The Kier molecular flexibility index (Phi) is 5.53. The first-order chi connectivity index (χ1) is 13.5. The fraction of sp³-hybridized carbons (Fsp3) is 0.571. The predicted octanol–water partition coefficient (Wildman–Crippen LogP) is 1.93. The van der Waals surface area contributed by atoms with E-state index in [2.05, 4.69) is 5.16 Å². The summed E-state index contributed by atoms with van der Waals surface area (Å²) in [6.45, 7) is 3.99. The van der Waals surface area contributed by atoms with E-state index in [1.165, 1.54) is 0 Å². The van der Waals surface area contributed by atoms with Crippen LogP contribution in [0.25, 0.3) is 11.3 Å². The molecule has 7 nitrogen and oxygen atoms in total. The fourth-order valence-corrected chi connectivity index (χ4v) is 3.89. The lowest BCUT2D eigenvalue weighted by atomic mass is 9.86. The summed E-state index contributed by atoms with van der Waals surface area (Å²) in [5, 5.41) is 34.9. The van der Waals surface area contributed by atoms with Gasteiger partial charge < -0.3 is 29.3 Å². The number of aliphatic hydroxyl groups is 3. The van der Waals surface area contributed by atoms with E-state index < -0.39 is 24.4 Å². The zero-order valence-electron chi connectivity index (χ0n) is 16.0. The Balaban J connectivity index is 1.38. The molecule has 0 bridgehead atoms. The van der Waals surface area contributed by atoms with E-state index in [4.69, 9.17) is 14.0 Å². The highest BCUT2D eigenvalue weighted by Gasteiger charge is 2.49. The van der Waals surface area contributed by atoms with Crippen LogP contribution in [0.3, 0.4) is 0 Å². The Morgan fingerprint density at radius 2 is 1.89 bits per heavy atom. The van der Waals surface area contributed by atoms with E-state index in [-0.39, 0.29) is 24.0 Å². The van der Waals surface area contributed by atoms with Crippen LogP contribution in [0.1, 0.15) is 32.1 Å². The lowest BCUT2D eigenvalue weighted by molar-refractivity contribution is -0.170. The van der Waals surface area contributed by atoms with Crippen molar-refractivity contribution in [2.45, 2.75) is 56.9 Å². The van der Waals surface area contributed by atoms with Crippen LogP contribution >= 0.6 is 0 Å². The number of hydrogen-bond acceptors (Lipinski definition) is 7. The Labute approximate surface area is 163 Å². The predicted molar refractivity (Wildman–Crippen MR) is 100 cm³/mol. The first-order valence-corrected chi connectivity index (χ1v) is 9.79. The molecule has 0 radical (unpaired) electrons. The molecule has 0 saturated carbocycles. The van der Waals surface area contributed by atoms with Gasteiger partial charge in [-0.1, -0.05) is 42.4 Å². The van der Waals surface area contributed by atoms with Crippen molar-refractivity contribution in [3.63, 3.8) is 0 Å². The van der Waals surface area contributed by atoms with Crippen molar-refractivity contribution >= 4 is 0 Å². The van der Waals surface area contributed by atoms with Gasteiger partial charge in [0.2, 0.25) is 0 Å². The number of ether oxygens (including phenoxy) is 2. The fourth-order valence-electron chi connectivity index (χ4n) is 3.89. The van der Waals surface area contributed by atoms with Crippen molar-refractivity contribution in [1.82, 2.24) is 5.16 Å². The van der Waals surface area contributed by atoms with Crippen LogP contribution < -0.4 is 0 Å². The van der Waals surface area contributed by atoms with Crippen molar-refractivity contribution in [3.8, 4) is 11.3 Å². The third-order valence-corrected chi connectivity index (χ3v) is 5.95. The normalized spacial score (nSPS) is 34.8. The quantitative estimate of drug-likeness (QED) is 0.648. The summed E-state index contributed by atoms with van der Waals surface area (Å²) in [5.74, 6) is 0.392. The number of aromatic nitrogens is 1. The van der Waals surface area contributed by atoms with Crippen molar-refractivity contribution in [1.29, 1.82) is 0 Å². The maximum atomic E-state index is 10.6. The van der Waals surface area contributed by atoms with Gasteiger partial charge in [-0.2, -0.15) is 0 Å². The monoisotopic (exact) mass is 389 g/mol. The standard InChI is InChI=1S/C21H27NO6/c1-11(12(2)23)20-17(27-20)8-14-10-26-21(19(25)18(14)24)15-9-16(28-22-15)13-6-4-3-5-7-13/h3-7,9,11-12,14,17-21,23-25H,8,10H2,1-2H3/t11-,12-,14-,17-,18+,19+,20-,21-/m0/s1. The number of hydrogen-bond donors (Lipinski definition) is 3. The van der Waals surface area contributed by atoms with E-state index >= 15 is 0 Å². The highest BCUT2D eigenvalue weighted by molar-refractivity contribution is 5.57. The molecule has 0 spiro atoms. The first kappa shape index (κ1) is 19.5. The van der Waals surface area contributed by atoms with Gasteiger partial charge >= 0.3 is 0 Å². The second-order valence-electron chi connectivity index (χ2n) is 7.95. The zero-order chi connectivity index (χ0) is 19.8. The van der Waals surface area contributed by atoms with Crippen LogP contribution in [-0.4, -0.2) is 57.6 Å². The van der Waals surface area contributed by atoms with Gasteiger partial charge in [-0.25, -0.2) is 0 Å². The molecule has 0 amide bonds. The minimum absolute atomic E-state index is 0.00830. The smallest absolute Gasteiger partial charge is 0.167 e. The Morgan fingerprint density at radius 1 is 1.14 bits per heavy atom. The molecule has 0 aliphatic carbocycles. The summed E-state index contributed by atoms with van der Waals surface area (Å²) >= 11 is 0. The van der Waals surface area contributed by atoms with Crippen LogP contribution in [0, 0.1) is 11.8 Å². The third kappa shape index (κ3) is 3.86. The number of nitrogens with zero attached hydrogens (tertiary/aromatic N) is 1. The summed E-state index contributed by atoms with van der Waals surface area (Å²) < 4.78 is 16.9. The third-order valence-electron chi connectivity index (χ3n) is 5.95. The van der Waals surface area contributed by atoms with Crippen LogP contribution in [0.5, 0.6) is 0 Å². The average Bonchev–Trinajstić information content (AvgIpc) is 3.29. The van der Waals surface area contributed by atoms with Crippen LogP contribution in [-0.2, 0) is 9.47 Å². The minimum atomic E-state index is -1.10. The topological polar surface area (TPSA) is 108 Å². The summed E-state index contributed by atoms with van der Waals surface area (Å²) in [6, 6.07) is 11.3. The van der Waals surface area contributed by atoms with Crippen LogP contribution in [0.15, 0.2) is 40.9 Å². The largest absolute Gasteiger partial charge is 0.393 e. The number of rotatable bonds is 6. The maximum absolute atomic E-state index is 10.6. The summed E-state index contributed by atoms with van der Waals surface area (Å²) in [6.07, 6.45) is -2.66. The SMILES string of the molecule is C[C@H]([C@@H]1O[C@H]1C[C@H]1CO[C@@H](c2cc(-c3ccccc3)on2)[C@H](O)[C@@H]1O)[C@H](C)O. The van der Waals surface area contributed by atoms with Gasteiger partial charge in [0, 0.05) is 23.5 Å². The summed E-state index contributed by atoms with van der Waals surface area (Å²) in [5.41, 5.74) is 1.35. The molecule has 2 fully saturated rings. The minimum Gasteiger partial charge on any atom is -0.393 e. The molecule has 8 atom stereocenters. The summed E-state index contributed by atoms with van der Waals surface area (Å²) in [7, 11) is 0. The second kappa shape index (κ2) is 7.93. The van der Waals surface area contributed by atoms with Crippen molar-refractivity contribution in [2.24, 2.45) is 11.8 Å².